The average molecular weight is 608 g/mol. The summed E-state index contributed by atoms with van der Waals surface area (Å²) in [5.41, 5.74) is 1.60. The van der Waals surface area contributed by atoms with Gasteiger partial charge in [0, 0.05) is 25.8 Å². The zero-order valence-electron chi connectivity index (χ0n) is 24.1. The molecule has 0 saturated carbocycles. The fraction of sp³-hybridized carbons (Fsp3) is 0.367. The molecule has 2 aromatic carbocycles. The largest absolute Gasteiger partial charge is 0.508 e. The predicted octanol–water partition coefficient (Wildman–Crippen LogP) is 1.36. The molecule has 3 aromatic rings. The van der Waals surface area contributed by atoms with Crippen molar-refractivity contribution < 1.29 is 32.7 Å². The number of phenolic OH excluding ortho intramolecular Hbond substituents is 1. The molecule has 5 rings (SSSR count). The van der Waals surface area contributed by atoms with Crippen LogP contribution in [0.3, 0.4) is 0 Å². The second kappa shape index (κ2) is 11.6. The molecule has 13 heteroatoms. The highest BCUT2D eigenvalue weighted by Gasteiger charge is 2.52. The van der Waals surface area contributed by atoms with Crippen LogP contribution in [0.5, 0.6) is 5.75 Å². The second-order valence-electron chi connectivity index (χ2n) is 10.9. The van der Waals surface area contributed by atoms with Crippen molar-refractivity contribution in [1.29, 1.82) is 0 Å². The number of nitrogens with one attached hydrogen (secondary N) is 1. The highest BCUT2D eigenvalue weighted by Crippen LogP contribution is 2.32. The first kappa shape index (κ1) is 30.0. The molecule has 2 N–H and O–H groups in total. The van der Waals surface area contributed by atoms with Crippen LogP contribution in [-0.4, -0.2) is 94.1 Å². The van der Waals surface area contributed by atoms with Gasteiger partial charge < -0.3 is 20.2 Å². The van der Waals surface area contributed by atoms with Crippen LogP contribution in [0.1, 0.15) is 45.4 Å². The number of carbonyl (C=O) groups is 4. The quantitative estimate of drug-likeness (QED) is 0.388. The van der Waals surface area contributed by atoms with Crippen molar-refractivity contribution in [2.45, 2.75) is 56.3 Å². The monoisotopic (exact) mass is 607 g/mol. The number of aromatic nitrogens is 2. The predicted molar refractivity (Wildman–Crippen MR) is 155 cm³/mol. The van der Waals surface area contributed by atoms with E-state index >= 15 is 0 Å². The number of ketones is 1. The summed E-state index contributed by atoms with van der Waals surface area (Å²) in [5.74, 6) is -1.85. The Kier molecular flexibility index (Phi) is 8.10. The molecular formula is C30H33N5O7S. The number of fused-ring (bicyclic) bond motifs is 1. The second-order valence-corrected chi connectivity index (χ2v) is 12.9. The number of nitrogens with zero attached hydrogens (tertiary/aromatic N) is 4. The van der Waals surface area contributed by atoms with Gasteiger partial charge >= 0.3 is 0 Å². The number of carbonyl (C=O) groups excluding carboxylic acids is 4. The SMILES string of the molecule is CCn1nc(C)cc1C(=O)N[C@@H](Cc1ccc(O)cc1)C(=O)N1CC[C@@H]2[C@H]1C(=O)CN2C(=O)c1ccccc1S(C)(=O)=O. The summed E-state index contributed by atoms with van der Waals surface area (Å²) < 4.78 is 26.2. The van der Waals surface area contributed by atoms with Crippen molar-refractivity contribution in [3.8, 4) is 5.75 Å². The number of likely N-dealkylation sites (tertiary alicyclic amines) is 2. The van der Waals surface area contributed by atoms with Crippen molar-refractivity contribution in [3.05, 3.63) is 77.1 Å². The van der Waals surface area contributed by atoms with Gasteiger partial charge in [-0.25, -0.2) is 8.42 Å². The Bertz CT molecular complexity index is 1700. The zero-order chi connectivity index (χ0) is 31.1. The van der Waals surface area contributed by atoms with Gasteiger partial charge in [-0.2, -0.15) is 5.10 Å². The van der Waals surface area contributed by atoms with Gasteiger partial charge in [-0.1, -0.05) is 24.3 Å². The molecule has 2 aliphatic heterocycles. The molecule has 3 atom stereocenters. The molecule has 2 fully saturated rings. The Balaban J connectivity index is 1.41. The van der Waals surface area contributed by atoms with Gasteiger partial charge in [-0.15, -0.1) is 0 Å². The van der Waals surface area contributed by atoms with Gasteiger partial charge in [0.05, 0.1) is 28.7 Å². The molecule has 0 bridgehead atoms. The highest BCUT2D eigenvalue weighted by molar-refractivity contribution is 7.90. The average Bonchev–Trinajstić information content (AvgIpc) is 3.67. The van der Waals surface area contributed by atoms with Gasteiger partial charge in [0.25, 0.3) is 11.8 Å². The number of aromatic hydroxyl groups is 1. The number of hydrogen-bond acceptors (Lipinski definition) is 8. The summed E-state index contributed by atoms with van der Waals surface area (Å²) in [6.07, 6.45) is 1.43. The van der Waals surface area contributed by atoms with Crippen molar-refractivity contribution in [1.82, 2.24) is 24.9 Å². The van der Waals surface area contributed by atoms with E-state index < -0.39 is 45.7 Å². The van der Waals surface area contributed by atoms with Crippen molar-refractivity contribution in [2.24, 2.45) is 0 Å². The van der Waals surface area contributed by atoms with Crippen LogP contribution in [0, 0.1) is 6.92 Å². The summed E-state index contributed by atoms with van der Waals surface area (Å²) in [7, 11) is -3.71. The minimum absolute atomic E-state index is 0.0245. The third-order valence-electron chi connectivity index (χ3n) is 7.90. The lowest BCUT2D eigenvalue weighted by molar-refractivity contribution is -0.138. The number of sulfone groups is 1. The van der Waals surface area contributed by atoms with E-state index in [4.69, 9.17) is 0 Å². The van der Waals surface area contributed by atoms with Gasteiger partial charge in [0.15, 0.2) is 15.6 Å². The van der Waals surface area contributed by atoms with E-state index in [1.807, 2.05) is 6.92 Å². The molecule has 0 spiro atoms. The maximum Gasteiger partial charge on any atom is 0.270 e. The first-order chi connectivity index (χ1) is 20.4. The summed E-state index contributed by atoms with van der Waals surface area (Å²) in [6.45, 7) is 3.97. The summed E-state index contributed by atoms with van der Waals surface area (Å²) in [4.78, 5) is 56.9. The molecule has 0 radical (unpaired) electrons. The van der Waals surface area contributed by atoms with Gasteiger partial charge in [0.2, 0.25) is 5.91 Å². The van der Waals surface area contributed by atoms with Gasteiger partial charge in [-0.05, 0) is 56.2 Å². The molecular weight excluding hydrogens is 574 g/mol. The van der Waals surface area contributed by atoms with Gasteiger partial charge in [0.1, 0.15) is 23.5 Å². The van der Waals surface area contributed by atoms with Crippen molar-refractivity contribution >= 4 is 33.3 Å². The highest BCUT2D eigenvalue weighted by atomic mass is 32.2. The minimum atomic E-state index is -3.71. The van der Waals surface area contributed by atoms with Crippen LogP contribution in [0.4, 0.5) is 0 Å². The van der Waals surface area contributed by atoms with E-state index in [0.29, 0.717) is 29.9 Å². The molecule has 0 aliphatic carbocycles. The van der Waals surface area contributed by atoms with Crippen LogP contribution in [0.25, 0.3) is 0 Å². The fourth-order valence-corrected chi connectivity index (χ4v) is 6.81. The smallest absolute Gasteiger partial charge is 0.270 e. The van der Waals surface area contributed by atoms with Crippen LogP contribution < -0.4 is 5.32 Å². The molecule has 2 saturated heterocycles. The third kappa shape index (κ3) is 5.89. The fourth-order valence-electron chi connectivity index (χ4n) is 5.93. The van der Waals surface area contributed by atoms with E-state index in [0.717, 1.165) is 6.26 Å². The van der Waals surface area contributed by atoms with Crippen LogP contribution in [0.15, 0.2) is 59.5 Å². The number of hydrogen-bond donors (Lipinski definition) is 2. The lowest BCUT2D eigenvalue weighted by Gasteiger charge is -2.28. The molecule has 0 unspecified atom stereocenters. The molecule has 2 aliphatic rings. The van der Waals surface area contributed by atoms with E-state index in [1.165, 1.54) is 44.8 Å². The molecule has 1 aromatic heterocycles. The Morgan fingerprint density at radius 3 is 2.47 bits per heavy atom. The summed E-state index contributed by atoms with van der Waals surface area (Å²) >= 11 is 0. The summed E-state index contributed by atoms with van der Waals surface area (Å²) in [6, 6.07) is 11.1. The summed E-state index contributed by atoms with van der Waals surface area (Å²) in [5, 5.41) is 16.9. The van der Waals surface area contributed by atoms with E-state index in [1.54, 1.807) is 31.2 Å². The first-order valence-corrected chi connectivity index (χ1v) is 15.8. The Labute approximate surface area is 249 Å². The Hall–Kier alpha value is -4.52. The number of benzene rings is 2. The van der Waals surface area contributed by atoms with E-state index in [-0.39, 0.29) is 41.5 Å². The maximum absolute atomic E-state index is 14.1. The van der Waals surface area contributed by atoms with Crippen LogP contribution in [0.2, 0.25) is 0 Å². The van der Waals surface area contributed by atoms with E-state index in [2.05, 4.69) is 10.4 Å². The van der Waals surface area contributed by atoms with Crippen molar-refractivity contribution in [2.75, 3.05) is 19.3 Å². The lowest BCUT2D eigenvalue weighted by Crippen LogP contribution is -2.53. The molecule has 12 nitrogen and oxygen atoms in total. The number of aryl methyl sites for hydroxylation is 2. The van der Waals surface area contributed by atoms with Gasteiger partial charge in [-0.3, -0.25) is 23.9 Å². The first-order valence-electron chi connectivity index (χ1n) is 14.0. The molecule has 3 heterocycles. The number of rotatable bonds is 8. The van der Waals surface area contributed by atoms with E-state index in [9.17, 15) is 32.7 Å². The topological polar surface area (TPSA) is 159 Å². The Morgan fingerprint density at radius 1 is 1.09 bits per heavy atom. The van der Waals surface area contributed by atoms with Crippen molar-refractivity contribution in [3.63, 3.8) is 0 Å². The number of Topliss-reactive ketones (excluding diaryl/α,β-unsaturated/α-hetero) is 1. The lowest BCUT2D eigenvalue weighted by atomic mass is 10.0. The normalized spacial score (nSPS) is 18.9. The number of phenols is 1. The third-order valence-corrected chi connectivity index (χ3v) is 9.05. The van der Waals surface area contributed by atoms with Crippen LogP contribution >= 0.6 is 0 Å². The standard InChI is InChI=1S/C30H33N5O7S/c1-4-35-24(15-18(2)32-35)28(38)31-22(16-19-9-11-20(36)12-10-19)30(40)33-14-13-23-27(33)25(37)17-34(23)29(39)21-7-5-6-8-26(21)43(3,41)42/h5-12,15,22-23,27,36H,4,13-14,16-17H2,1-3H3,(H,31,38)/t22-,23+,27-/m0/s1. The molecule has 226 valence electrons. The molecule has 43 heavy (non-hydrogen) atoms. The number of amides is 3. The molecule has 3 amide bonds. The maximum atomic E-state index is 14.1. The minimum Gasteiger partial charge on any atom is -0.508 e. The van der Waals surface area contributed by atoms with Crippen LogP contribution in [-0.2, 0) is 32.4 Å². The Morgan fingerprint density at radius 2 is 1.79 bits per heavy atom. The zero-order valence-corrected chi connectivity index (χ0v) is 24.9.